The van der Waals surface area contributed by atoms with E-state index < -0.39 is 4.92 Å². The quantitative estimate of drug-likeness (QED) is 0.480. The van der Waals surface area contributed by atoms with Crippen LogP contribution in [0.3, 0.4) is 0 Å². The van der Waals surface area contributed by atoms with Crippen LogP contribution in [0.4, 0.5) is 11.5 Å². The van der Waals surface area contributed by atoms with Crippen molar-refractivity contribution in [3.05, 3.63) is 82.5 Å². The summed E-state index contributed by atoms with van der Waals surface area (Å²) in [4.78, 5) is 36.3. The van der Waals surface area contributed by atoms with Crippen LogP contribution in [0.5, 0.6) is 0 Å². The van der Waals surface area contributed by atoms with Gasteiger partial charge in [0.15, 0.2) is 5.82 Å². The van der Waals surface area contributed by atoms with E-state index in [-0.39, 0.29) is 18.0 Å². The fourth-order valence-electron chi connectivity index (χ4n) is 3.55. The Morgan fingerprint density at radius 1 is 0.967 bits per heavy atom. The zero-order valence-corrected chi connectivity index (χ0v) is 16.3. The molecule has 2 aromatic carbocycles. The van der Waals surface area contributed by atoms with Crippen LogP contribution in [0.15, 0.2) is 66.9 Å². The highest BCUT2D eigenvalue weighted by atomic mass is 16.6. The number of carbonyl (C=O) groups excluding carboxylic acids is 1. The molecular formula is C22H21N5O3. The van der Waals surface area contributed by atoms with Crippen molar-refractivity contribution in [1.29, 1.82) is 0 Å². The number of nitro groups is 1. The Bertz CT molecular complexity index is 1050. The Balaban J connectivity index is 1.40. The summed E-state index contributed by atoms with van der Waals surface area (Å²) in [5.74, 6) is 1.40. The molecule has 0 saturated carbocycles. The van der Waals surface area contributed by atoms with E-state index in [9.17, 15) is 14.9 Å². The molecule has 1 aliphatic rings. The topological polar surface area (TPSA) is 92.5 Å². The van der Waals surface area contributed by atoms with Crippen LogP contribution in [-0.2, 0) is 11.2 Å². The summed E-state index contributed by atoms with van der Waals surface area (Å²) in [6.45, 7) is 2.38. The van der Waals surface area contributed by atoms with Crippen LogP contribution in [0.25, 0.3) is 11.4 Å². The second kappa shape index (κ2) is 8.69. The summed E-state index contributed by atoms with van der Waals surface area (Å²) in [6, 6.07) is 18.1. The molecule has 0 aliphatic carbocycles. The smallest absolute Gasteiger partial charge is 0.273 e. The van der Waals surface area contributed by atoms with E-state index in [0.717, 1.165) is 11.4 Å². The molecule has 1 fully saturated rings. The van der Waals surface area contributed by atoms with Gasteiger partial charge in [-0.2, -0.15) is 0 Å². The predicted octanol–water partition coefficient (Wildman–Crippen LogP) is 2.94. The van der Waals surface area contributed by atoms with Crippen LogP contribution in [0, 0.1) is 10.1 Å². The molecule has 8 heteroatoms. The van der Waals surface area contributed by atoms with Gasteiger partial charge in [0, 0.05) is 49.6 Å². The molecule has 1 saturated heterocycles. The molecule has 4 rings (SSSR count). The molecule has 2 heterocycles. The third-order valence-corrected chi connectivity index (χ3v) is 5.16. The Labute approximate surface area is 174 Å². The van der Waals surface area contributed by atoms with Crippen molar-refractivity contribution >= 4 is 17.4 Å². The first-order valence-electron chi connectivity index (χ1n) is 9.75. The molecule has 1 aliphatic heterocycles. The summed E-state index contributed by atoms with van der Waals surface area (Å²) in [7, 11) is 0. The number of amides is 1. The highest BCUT2D eigenvalue weighted by Crippen LogP contribution is 2.21. The van der Waals surface area contributed by atoms with Crippen LogP contribution in [-0.4, -0.2) is 51.9 Å². The molecule has 0 bridgehead atoms. The van der Waals surface area contributed by atoms with Crippen molar-refractivity contribution in [3.8, 4) is 11.4 Å². The second-order valence-corrected chi connectivity index (χ2v) is 7.03. The van der Waals surface area contributed by atoms with Crippen molar-refractivity contribution in [2.45, 2.75) is 6.42 Å². The molecular weight excluding hydrogens is 382 g/mol. The van der Waals surface area contributed by atoms with Crippen LogP contribution in [0.1, 0.15) is 5.56 Å². The van der Waals surface area contributed by atoms with E-state index >= 15 is 0 Å². The van der Waals surface area contributed by atoms with Crippen LogP contribution < -0.4 is 4.90 Å². The average Bonchev–Trinajstić information content (AvgIpc) is 2.80. The maximum Gasteiger partial charge on any atom is 0.273 e. The van der Waals surface area contributed by atoms with Gasteiger partial charge in [-0.05, 0) is 6.07 Å². The van der Waals surface area contributed by atoms with E-state index in [1.807, 2.05) is 36.4 Å². The number of aromatic nitrogens is 2. The third kappa shape index (κ3) is 4.27. The summed E-state index contributed by atoms with van der Waals surface area (Å²) < 4.78 is 0. The minimum atomic E-state index is -0.444. The van der Waals surface area contributed by atoms with Gasteiger partial charge < -0.3 is 9.80 Å². The highest BCUT2D eigenvalue weighted by Gasteiger charge is 2.24. The molecule has 8 nitrogen and oxygen atoms in total. The molecule has 0 spiro atoms. The molecule has 1 amide bonds. The van der Waals surface area contributed by atoms with E-state index in [2.05, 4.69) is 14.9 Å². The SMILES string of the molecule is O=C(Cc1ccccc1[N+](=O)[O-])N1CCN(c2ccnc(-c3ccccc3)n2)CC1. The lowest BCUT2D eigenvalue weighted by Crippen LogP contribution is -2.49. The van der Waals surface area contributed by atoms with Gasteiger partial charge in [-0.1, -0.05) is 48.5 Å². The lowest BCUT2D eigenvalue weighted by atomic mass is 10.1. The first kappa shape index (κ1) is 19.5. The second-order valence-electron chi connectivity index (χ2n) is 7.03. The van der Waals surface area contributed by atoms with Gasteiger partial charge in [-0.25, -0.2) is 9.97 Å². The van der Waals surface area contributed by atoms with E-state index in [0.29, 0.717) is 37.6 Å². The molecule has 0 radical (unpaired) electrons. The van der Waals surface area contributed by atoms with Gasteiger partial charge in [-0.15, -0.1) is 0 Å². The number of para-hydroxylation sites is 1. The Morgan fingerprint density at radius 3 is 2.40 bits per heavy atom. The molecule has 0 unspecified atom stereocenters. The summed E-state index contributed by atoms with van der Waals surface area (Å²) in [5, 5.41) is 11.2. The minimum Gasteiger partial charge on any atom is -0.353 e. The third-order valence-electron chi connectivity index (χ3n) is 5.16. The van der Waals surface area contributed by atoms with Gasteiger partial charge in [0.25, 0.3) is 5.69 Å². The molecule has 3 aromatic rings. The van der Waals surface area contributed by atoms with Crippen molar-refractivity contribution in [2.75, 3.05) is 31.1 Å². The van der Waals surface area contributed by atoms with Crippen molar-refractivity contribution in [3.63, 3.8) is 0 Å². The standard InChI is InChI=1S/C22H21N5O3/c28-21(16-18-8-4-5-9-19(18)27(29)30)26-14-12-25(13-15-26)20-10-11-23-22(24-20)17-6-2-1-3-7-17/h1-11H,12-16H2. The van der Waals surface area contributed by atoms with Crippen molar-refractivity contribution < 1.29 is 9.72 Å². The summed E-state index contributed by atoms with van der Waals surface area (Å²) in [6.07, 6.45) is 1.78. The van der Waals surface area contributed by atoms with Gasteiger partial charge in [-0.3, -0.25) is 14.9 Å². The van der Waals surface area contributed by atoms with E-state index in [4.69, 9.17) is 0 Å². The fourth-order valence-corrected chi connectivity index (χ4v) is 3.55. The number of hydrogen-bond donors (Lipinski definition) is 0. The number of nitrogens with zero attached hydrogens (tertiary/aromatic N) is 5. The summed E-state index contributed by atoms with van der Waals surface area (Å²) in [5.41, 5.74) is 1.38. The molecule has 30 heavy (non-hydrogen) atoms. The number of carbonyl (C=O) groups is 1. The summed E-state index contributed by atoms with van der Waals surface area (Å²) >= 11 is 0. The maximum atomic E-state index is 12.7. The number of hydrogen-bond acceptors (Lipinski definition) is 6. The lowest BCUT2D eigenvalue weighted by Gasteiger charge is -2.35. The predicted molar refractivity (Wildman–Crippen MR) is 113 cm³/mol. The van der Waals surface area contributed by atoms with E-state index in [1.165, 1.54) is 6.07 Å². The Hall–Kier alpha value is -3.81. The highest BCUT2D eigenvalue weighted by molar-refractivity contribution is 5.80. The van der Waals surface area contributed by atoms with Crippen LogP contribution >= 0.6 is 0 Å². The number of piperazine rings is 1. The number of anilines is 1. The monoisotopic (exact) mass is 403 g/mol. The molecule has 0 atom stereocenters. The molecule has 1 aromatic heterocycles. The first-order chi connectivity index (χ1) is 14.6. The average molecular weight is 403 g/mol. The maximum absolute atomic E-state index is 12.7. The zero-order chi connectivity index (χ0) is 20.9. The Kier molecular flexibility index (Phi) is 5.65. The van der Waals surface area contributed by atoms with Gasteiger partial charge in [0.1, 0.15) is 5.82 Å². The van der Waals surface area contributed by atoms with Crippen LogP contribution in [0.2, 0.25) is 0 Å². The first-order valence-corrected chi connectivity index (χ1v) is 9.75. The van der Waals surface area contributed by atoms with E-state index in [1.54, 1.807) is 29.3 Å². The number of nitro benzene ring substituents is 1. The minimum absolute atomic E-state index is 0.0149. The number of benzene rings is 2. The van der Waals surface area contributed by atoms with Gasteiger partial charge >= 0.3 is 0 Å². The molecule has 152 valence electrons. The lowest BCUT2D eigenvalue weighted by molar-refractivity contribution is -0.385. The fraction of sp³-hybridized carbons (Fsp3) is 0.227. The normalized spacial score (nSPS) is 13.9. The van der Waals surface area contributed by atoms with Crippen molar-refractivity contribution in [1.82, 2.24) is 14.9 Å². The number of rotatable bonds is 5. The Morgan fingerprint density at radius 2 is 1.67 bits per heavy atom. The largest absolute Gasteiger partial charge is 0.353 e. The van der Waals surface area contributed by atoms with Crippen molar-refractivity contribution in [2.24, 2.45) is 0 Å². The van der Waals surface area contributed by atoms with Gasteiger partial charge in [0.2, 0.25) is 5.91 Å². The van der Waals surface area contributed by atoms with Gasteiger partial charge in [0.05, 0.1) is 11.3 Å². The molecule has 0 N–H and O–H groups in total. The zero-order valence-electron chi connectivity index (χ0n) is 16.3.